The van der Waals surface area contributed by atoms with E-state index in [4.69, 9.17) is 5.11 Å². The van der Waals surface area contributed by atoms with Crippen LogP contribution in [0.15, 0.2) is 59.7 Å². The van der Waals surface area contributed by atoms with Gasteiger partial charge in [0.05, 0.1) is 6.42 Å². The molecule has 0 aromatic heterocycles. The van der Waals surface area contributed by atoms with Crippen molar-refractivity contribution in [3.05, 3.63) is 65.3 Å². The lowest BCUT2D eigenvalue weighted by atomic mass is 9.82. The smallest absolute Gasteiger partial charge is 0.303 e. The molecule has 2 rings (SSSR count). The average molecular weight is 282 g/mol. The number of rotatable bonds is 4. The number of carbonyl (C=O) groups is 2. The Bertz CT molecular complexity index is 621. The van der Waals surface area contributed by atoms with Crippen LogP contribution in [0.25, 0.3) is 6.08 Å². The lowest BCUT2D eigenvalue weighted by Crippen LogP contribution is -2.19. The molecule has 0 heterocycles. The predicted molar refractivity (Wildman–Crippen MR) is 82.7 cm³/mol. The van der Waals surface area contributed by atoms with E-state index in [-0.39, 0.29) is 18.1 Å². The van der Waals surface area contributed by atoms with Crippen molar-refractivity contribution in [3.8, 4) is 0 Å². The second kappa shape index (κ2) is 6.84. The summed E-state index contributed by atoms with van der Waals surface area (Å²) in [6, 6.07) is 9.80. The topological polar surface area (TPSA) is 54.4 Å². The van der Waals surface area contributed by atoms with Crippen molar-refractivity contribution in [2.45, 2.75) is 19.8 Å². The highest BCUT2D eigenvalue weighted by Gasteiger charge is 2.25. The Hall–Kier alpha value is -2.42. The molecular weight excluding hydrogens is 264 g/mol. The lowest BCUT2D eigenvalue weighted by molar-refractivity contribution is -0.137. The number of carboxylic acids is 1. The maximum absolute atomic E-state index is 12.1. The number of allylic oxidation sites excluding steroid dienone is 5. The fourth-order valence-electron chi connectivity index (χ4n) is 2.54. The van der Waals surface area contributed by atoms with E-state index in [9.17, 15) is 9.59 Å². The van der Waals surface area contributed by atoms with E-state index in [1.54, 1.807) is 6.08 Å². The second-order valence-electron chi connectivity index (χ2n) is 5.14. The number of benzene rings is 1. The predicted octanol–water partition coefficient (Wildman–Crippen LogP) is 3.64. The van der Waals surface area contributed by atoms with Gasteiger partial charge >= 0.3 is 5.97 Å². The molecule has 1 aromatic carbocycles. The van der Waals surface area contributed by atoms with Crippen LogP contribution >= 0.6 is 0 Å². The van der Waals surface area contributed by atoms with E-state index >= 15 is 0 Å². The molecule has 0 amide bonds. The van der Waals surface area contributed by atoms with Gasteiger partial charge in [-0.15, -0.1) is 0 Å². The molecule has 1 aromatic rings. The first-order valence-electron chi connectivity index (χ1n) is 6.94. The Morgan fingerprint density at radius 3 is 2.71 bits per heavy atom. The quantitative estimate of drug-likeness (QED) is 0.858. The normalized spacial score (nSPS) is 20.8. The summed E-state index contributed by atoms with van der Waals surface area (Å²) in [4.78, 5) is 23.0. The molecule has 21 heavy (non-hydrogen) atoms. The van der Waals surface area contributed by atoms with Crippen LogP contribution in [0.2, 0.25) is 0 Å². The number of hydrogen-bond acceptors (Lipinski definition) is 2. The summed E-state index contributed by atoms with van der Waals surface area (Å²) in [5.74, 6) is -1.19. The van der Waals surface area contributed by atoms with Crippen molar-refractivity contribution in [1.29, 1.82) is 0 Å². The Morgan fingerprint density at radius 2 is 2.05 bits per heavy atom. The van der Waals surface area contributed by atoms with Gasteiger partial charge in [0.25, 0.3) is 0 Å². The second-order valence-corrected chi connectivity index (χ2v) is 5.14. The van der Waals surface area contributed by atoms with Gasteiger partial charge in [0.2, 0.25) is 0 Å². The molecule has 0 bridgehead atoms. The van der Waals surface area contributed by atoms with Crippen molar-refractivity contribution < 1.29 is 14.7 Å². The summed E-state index contributed by atoms with van der Waals surface area (Å²) >= 11 is 0. The van der Waals surface area contributed by atoms with Gasteiger partial charge < -0.3 is 5.11 Å². The molecule has 1 aliphatic carbocycles. The molecule has 3 nitrogen and oxygen atoms in total. The number of aliphatic carboxylic acids is 1. The lowest BCUT2D eigenvalue weighted by Gasteiger charge is -2.20. The molecule has 1 N–H and O–H groups in total. The van der Waals surface area contributed by atoms with E-state index in [0.29, 0.717) is 12.0 Å². The Labute approximate surface area is 124 Å². The van der Waals surface area contributed by atoms with Gasteiger partial charge in [-0.2, -0.15) is 0 Å². The molecular formula is C18H18O3. The highest BCUT2D eigenvalue weighted by Crippen LogP contribution is 2.28. The third kappa shape index (κ3) is 4.02. The molecule has 0 spiro atoms. The fourth-order valence-corrected chi connectivity index (χ4v) is 2.54. The number of hydrogen-bond donors (Lipinski definition) is 1. The van der Waals surface area contributed by atoms with Crippen LogP contribution < -0.4 is 0 Å². The first kappa shape index (κ1) is 15.0. The molecule has 0 unspecified atom stereocenters. The van der Waals surface area contributed by atoms with Crippen LogP contribution in [0.4, 0.5) is 0 Å². The monoisotopic (exact) mass is 282 g/mol. The summed E-state index contributed by atoms with van der Waals surface area (Å²) in [7, 11) is 0. The average Bonchev–Trinajstić information content (AvgIpc) is 2.45. The van der Waals surface area contributed by atoms with Crippen molar-refractivity contribution in [1.82, 2.24) is 0 Å². The van der Waals surface area contributed by atoms with Crippen molar-refractivity contribution in [3.63, 3.8) is 0 Å². The first-order chi connectivity index (χ1) is 10.1. The van der Waals surface area contributed by atoms with E-state index in [1.807, 2.05) is 49.4 Å². The SMILES string of the molecule is CC(C=Cc1ccccc1)=C1C(=O)C=CC[C@@H]1CC(=O)O. The summed E-state index contributed by atoms with van der Waals surface area (Å²) < 4.78 is 0. The van der Waals surface area contributed by atoms with Gasteiger partial charge in [0.1, 0.15) is 0 Å². The Kier molecular flexibility index (Phi) is 4.88. The van der Waals surface area contributed by atoms with Crippen LogP contribution in [0, 0.1) is 5.92 Å². The summed E-state index contributed by atoms with van der Waals surface area (Å²) in [5, 5.41) is 8.98. The minimum absolute atomic E-state index is 0.0120. The number of carboxylic acid groups (broad SMARTS) is 1. The highest BCUT2D eigenvalue weighted by atomic mass is 16.4. The molecule has 1 aliphatic rings. The van der Waals surface area contributed by atoms with Crippen LogP contribution in [0.1, 0.15) is 25.3 Å². The zero-order valence-corrected chi connectivity index (χ0v) is 12.0. The molecule has 0 aliphatic heterocycles. The third-order valence-electron chi connectivity index (χ3n) is 3.53. The maximum atomic E-state index is 12.1. The molecule has 3 heteroatoms. The van der Waals surface area contributed by atoms with Gasteiger partial charge in [-0.25, -0.2) is 0 Å². The fraction of sp³-hybridized carbons (Fsp3) is 0.222. The molecule has 0 saturated heterocycles. The minimum atomic E-state index is -0.875. The maximum Gasteiger partial charge on any atom is 0.303 e. The van der Waals surface area contributed by atoms with Crippen molar-refractivity contribution in [2.24, 2.45) is 5.92 Å². The molecule has 1 atom stereocenters. The molecule has 0 saturated carbocycles. The summed E-state index contributed by atoms with van der Waals surface area (Å²) in [6.07, 6.45) is 7.70. The van der Waals surface area contributed by atoms with Gasteiger partial charge in [-0.1, -0.05) is 48.6 Å². The zero-order chi connectivity index (χ0) is 15.2. The van der Waals surface area contributed by atoms with Gasteiger partial charge in [0, 0.05) is 11.5 Å². The third-order valence-corrected chi connectivity index (χ3v) is 3.53. The van der Waals surface area contributed by atoms with Gasteiger partial charge in [0.15, 0.2) is 5.78 Å². The van der Waals surface area contributed by atoms with E-state index in [0.717, 1.165) is 11.1 Å². The minimum Gasteiger partial charge on any atom is -0.481 e. The van der Waals surface area contributed by atoms with E-state index in [2.05, 4.69) is 0 Å². The van der Waals surface area contributed by atoms with Crippen LogP contribution in [-0.2, 0) is 9.59 Å². The largest absolute Gasteiger partial charge is 0.481 e. The van der Waals surface area contributed by atoms with Crippen LogP contribution in [0.3, 0.4) is 0 Å². The van der Waals surface area contributed by atoms with Crippen LogP contribution in [-0.4, -0.2) is 16.9 Å². The van der Waals surface area contributed by atoms with Crippen molar-refractivity contribution >= 4 is 17.8 Å². The summed E-state index contributed by atoms with van der Waals surface area (Å²) in [6.45, 7) is 1.86. The standard InChI is InChI=1S/C18H18O3/c1-13(10-11-14-6-3-2-4-7-14)18-15(12-17(20)21)8-5-9-16(18)19/h2-7,9-11,15H,8,12H2,1H3,(H,20,21)/t15-/m1/s1. The Morgan fingerprint density at radius 1 is 1.33 bits per heavy atom. The van der Waals surface area contributed by atoms with Crippen molar-refractivity contribution in [2.75, 3.05) is 0 Å². The molecule has 108 valence electrons. The first-order valence-corrected chi connectivity index (χ1v) is 6.94. The highest BCUT2D eigenvalue weighted by molar-refractivity contribution is 6.06. The van der Waals surface area contributed by atoms with E-state index in [1.165, 1.54) is 6.08 Å². The van der Waals surface area contributed by atoms with E-state index < -0.39 is 5.97 Å². The zero-order valence-electron chi connectivity index (χ0n) is 12.0. The number of ketones is 1. The number of carbonyl (C=O) groups excluding carboxylic acids is 1. The van der Waals surface area contributed by atoms with Gasteiger partial charge in [-0.05, 0) is 30.6 Å². The van der Waals surface area contributed by atoms with Crippen LogP contribution in [0.5, 0.6) is 0 Å². The molecule has 0 fully saturated rings. The Balaban J connectivity index is 2.28. The van der Waals surface area contributed by atoms with Gasteiger partial charge in [-0.3, -0.25) is 9.59 Å². The summed E-state index contributed by atoms with van der Waals surface area (Å²) in [5.41, 5.74) is 2.50. The molecule has 0 radical (unpaired) electrons.